The Morgan fingerprint density at radius 1 is 1.21 bits per heavy atom. The van der Waals surface area contributed by atoms with Gasteiger partial charge in [0, 0.05) is 19.1 Å². The maximum Gasteiger partial charge on any atom is 0.0208 e. The molecule has 0 amide bonds. The average Bonchev–Trinajstić information content (AvgIpc) is 2.16. The molecule has 0 saturated heterocycles. The van der Waals surface area contributed by atoms with E-state index in [9.17, 15) is 0 Å². The van der Waals surface area contributed by atoms with E-state index in [4.69, 9.17) is 5.73 Å². The van der Waals surface area contributed by atoms with Crippen LogP contribution < -0.4 is 11.1 Å². The molecule has 0 radical (unpaired) electrons. The molecule has 0 aliphatic rings. The van der Waals surface area contributed by atoms with Crippen LogP contribution in [0.4, 0.5) is 0 Å². The van der Waals surface area contributed by atoms with Gasteiger partial charge in [-0.25, -0.2) is 0 Å². The summed E-state index contributed by atoms with van der Waals surface area (Å²) in [4.78, 5) is 0. The fourth-order valence-corrected chi connectivity index (χ4v) is 0.971. The SMILES string of the molecule is CC(CN)NCc1ccccc1.Cl.Cl. The lowest BCUT2D eigenvalue weighted by molar-refractivity contribution is 0.556. The summed E-state index contributed by atoms with van der Waals surface area (Å²) in [5, 5.41) is 3.32. The first-order valence-electron chi connectivity index (χ1n) is 4.30. The maximum absolute atomic E-state index is 5.47. The van der Waals surface area contributed by atoms with E-state index in [2.05, 4.69) is 24.4 Å². The molecule has 82 valence electrons. The van der Waals surface area contributed by atoms with Crippen LogP contribution in [0.2, 0.25) is 0 Å². The highest BCUT2D eigenvalue weighted by Gasteiger charge is 1.96. The predicted octanol–water partition coefficient (Wildman–Crippen LogP) is 1.97. The molecule has 0 spiro atoms. The Hall–Kier alpha value is -0.280. The molecule has 1 rings (SSSR count). The summed E-state index contributed by atoms with van der Waals surface area (Å²) in [7, 11) is 0. The zero-order valence-corrected chi connectivity index (χ0v) is 9.91. The van der Waals surface area contributed by atoms with E-state index in [0.29, 0.717) is 12.6 Å². The normalized spacial score (nSPS) is 11.0. The third-order valence-electron chi connectivity index (χ3n) is 1.85. The number of hydrogen-bond donors (Lipinski definition) is 2. The zero-order valence-electron chi connectivity index (χ0n) is 8.27. The fourth-order valence-electron chi connectivity index (χ4n) is 0.971. The van der Waals surface area contributed by atoms with Crippen molar-refractivity contribution in [3.8, 4) is 0 Å². The Kier molecular flexibility index (Phi) is 10.7. The third-order valence-corrected chi connectivity index (χ3v) is 1.85. The summed E-state index contributed by atoms with van der Waals surface area (Å²) in [6.07, 6.45) is 0. The number of nitrogens with two attached hydrogens (primary N) is 1. The van der Waals surface area contributed by atoms with Gasteiger partial charge in [-0.3, -0.25) is 0 Å². The highest BCUT2D eigenvalue weighted by atomic mass is 35.5. The molecular formula is C10H18Cl2N2. The van der Waals surface area contributed by atoms with E-state index in [1.807, 2.05) is 18.2 Å². The lowest BCUT2D eigenvalue weighted by atomic mass is 10.2. The van der Waals surface area contributed by atoms with Crippen LogP contribution in [0.5, 0.6) is 0 Å². The molecule has 1 unspecified atom stereocenters. The van der Waals surface area contributed by atoms with E-state index in [1.165, 1.54) is 5.56 Å². The third kappa shape index (κ3) is 6.22. The minimum Gasteiger partial charge on any atom is -0.329 e. The molecule has 4 heteroatoms. The molecule has 3 N–H and O–H groups in total. The highest BCUT2D eigenvalue weighted by Crippen LogP contribution is 1.97. The van der Waals surface area contributed by atoms with Crippen molar-refractivity contribution in [2.45, 2.75) is 19.5 Å². The van der Waals surface area contributed by atoms with E-state index >= 15 is 0 Å². The van der Waals surface area contributed by atoms with Crippen LogP contribution in [0.15, 0.2) is 30.3 Å². The predicted molar refractivity (Wildman–Crippen MR) is 66.3 cm³/mol. The van der Waals surface area contributed by atoms with Crippen LogP contribution in [0, 0.1) is 0 Å². The first-order valence-corrected chi connectivity index (χ1v) is 4.30. The Morgan fingerprint density at radius 3 is 2.29 bits per heavy atom. The molecule has 0 aromatic heterocycles. The minimum atomic E-state index is 0. The van der Waals surface area contributed by atoms with Gasteiger partial charge in [-0.15, -0.1) is 24.8 Å². The summed E-state index contributed by atoms with van der Waals surface area (Å²) in [6, 6.07) is 10.7. The van der Waals surface area contributed by atoms with Crippen molar-refractivity contribution in [3.05, 3.63) is 35.9 Å². The Labute approximate surface area is 98.1 Å². The molecular weight excluding hydrogens is 219 g/mol. The summed E-state index contributed by atoms with van der Waals surface area (Å²) < 4.78 is 0. The van der Waals surface area contributed by atoms with Crippen LogP contribution in [0.1, 0.15) is 12.5 Å². The monoisotopic (exact) mass is 236 g/mol. The fraction of sp³-hybridized carbons (Fsp3) is 0.400. The molecule has 0 saturated carbocycles. The van der Waals surface area contributed by atoms with Gasteiger partial charge in [-0.05, 0) is 12.5 Å². The Balaban J connectivity index is 0. The number of halogens is 2. The maximum atomic E-state index is 5.47. The molecule has 2 nitrogen and oxygen atoms in total. The molecule has 0 aliphatic carbocycles. The summed E-state index contributed by atoms with van der Waals surface area (Å²) >= 11 is 0. The van der Waals surface area contributed by atoms with Gasteiger partial charge in [0.15, 0.2) is 0 Å². The van der Waals surface area contributed by atoms with Gasteiger partial charge in [0.2, 0.25) is 0 Å². The highest BCUT2D eigenvalue weighted by molar-refractivity contribution is 5.85. The van der Waals surface area contributed by atoms with E-state index in [0.717, 1.165) is 6.54 Å². The molecule has 1 atom stereocenters. The number of hydrogen-bond acceptors (Lipinski definition) is 2. The van der Waals surface area contributed by atoms with Crippen LogP contribution in [-0.2, 0) is 6.54 Å². The second-order valence-electron chi connectivity index (χ2n) is 3.00. The van der Waals surface area contributed by atoms with E-state index in [1.54, 1.807) is 0 Å². The first kappa shape index (κ1) is 16.2. The van der Waals surface area contributed by atoms with Crippen molar-refractivity contribution < 1.29 is 0 Å². The van der Waals surface area contributed by atoms with Gasteiger partial charge in [-0.1, -0.05) is 30.3 Å². The Bertz CT molecular complexity index is 217. The van der Waals surface area contributed by atoms with Crippen molar-refractivity contribution >= 4 is 24.8 Å². The van der Waals surface area contributed by atoms with Gasteiger partial charge in [-0.2, -0.15) is 0 Å². The molecule has 14 heavy (non-hydrogen) atoms. The molecule has 0 bridgehead atoms. The van der Waals surface area contributed by atoms with Gasteiger partial charge < -0.3 is 11.1 Å². The summed E-state index contributed by atoms with van der Waals surface area (Å²) in [5.41, 5.74) is 6.78. The van der Waals surface area contributed by atoms with Crippen molar-refractivity contribution in [1.82, 2.24) is 5.32 Å². The van der Waals surface area contributed by atoms with Crippen LogP contribution in [0.25, 0.3) is 0 Å². The molecule has 1 aromatic carbocycles. The smallest absolute Gasteiger partial charge is 0.0208 e. The van der Waals surface area contributed by atoms with E-state index in [-0.39, 0.29) is 24.8 Å². The lowest BCUT2D eigenvalue weighted by Crippen LogP contribution is -2.32. The average molecular weight is 237 g/mol. The Morgan fingerprint density at radius 2 is 1.79 bits per heavy atom. The van der Waals surface area contributed by atoms with E-state index < -0.39 is 0 Å². The van der Waals surface area contributed by atoms with Crippen molar-refractivity contribution in [2.24, 2.45) is 5.73 Å². The quantitative estimate of drug-likeness (QED) is 0.840. The topological polar surface area (TPSA) is 38.0 Å². The largest absolute Gasteiger partial charge is 0.329 e. The van der Waals surface area contributed by atoms with Crippen LogP contribution in [0.3, 0.4) is 0 Å². The molecule has 0 heterocycles. The number of benzene rings is 1. The minimum absolute atomic E-state index is 0. The standard InChI is InChI=1S/C10H16N2.2ClH/c1-9(7-11)12-8-10-5-3-2-4-6-10;;/h2-6,9,12H,7-8,11H2,1H3;2*1H. The van der Waals surface area contributed by atoms with Crippen molar-refractivity contribution in [3.63, 3.8) is 0 Å². The van der Waals surface area contributed by atoms with Gasteiger partial charge >= 0.3 is 0 Å². The van der Waals surface area contributed by atoms with Gasteiger partial charge in [0.1, 0.15) is 0 Å². The first-order chi connectivity index (χ1) is 5.83. The molecule has 0 fully saturated rings. The van der Waals surface area contributed by atoms with Gasteiger partial charge in [0.25, 0.3) is 0 Å². The van der Waals surface area contributed by atoms with Crippen LogP contribution in [-0.4, -0.2) is 12.6 Å². The number of rotatable bonds is 4. The second-order valence-corrected chi connectivity index (χ2v) is 3.00. The molecule has 0 aliphatic heterocycles. The summed E-state index contributed by atoms with van der Waals surface area (Å²) in [5.74, 6) is 0. The number of nitrogens with one attached hydrogen (secondary N) is 1. The zero-order chi connectivity index (χ0) is 8.81. The van der Waals surface area contributed by atoms with Crippen molar-refractivity contribution in [1.29, 1.82) is 0 Å². The van der Waals surface area contributed by atoms with Crippen LogP contribution >= 0.6 is 24.8 Å². The lowest BCUT2D eigenvalue weighted by Gasteiger charge is -2.10. The summed E-state index contributed by atoms with van der Waals surface area (Å²) in [6.45, 7) is 3.68. The van der Waals surface area contributed by atoms with Gasteiger partial charge in [0.05, 0.1) is 0 Å². The second kappa shape index (κ2) is 9.28. The van der Waals surface area contributed by atoms with Crippen molar-refractivity contribution in [2.75, 3.05) is 6.54 Å². The molecule has 1 aromatic rings.